The number of alkyl halides is 2. The van der Waals surface area contributed by atoms with Crippen molar-refractivity contribution in [3.8, 4) is 23.0 Å². The molecule has 3 aromatic rings. The quantitative estimate of drug-likeness (QED) is 0.584. The second-order valence-electron chi connectivity index (χ2n) is 7.56. The number of ether oxygens (including phenoxy) is 2. The van der Waals surface area contributed by atoms with Crippen LogP contribution in [0.2, 0.25) is 0 Å². The van der Waals surface area contributed by atoms with Crippen molar-refractivity contribution in [3.63, 3.8) is 0 Å². The van der Waals surface area contributed by atoms with Crippen molar-refractivity contribution in [2.24, 2.45) is 0 Å². The van der Waals surface area contributed by atoms with Crippen LogP contribution >= 0.6 is 0 Å². The predicted molar refractivity (Wildman–Crippen MR) is 114 cm³/mol. The fraction of sp³-hybridized carbons (Fsp3) is 0.227. The van der Waals surface area contributed by atoms with E-state index in [-0.39, 0.29) is 29.0 Å². The Hall–Kier alpha value is -4.35. The fourth-order valence-corrected chi connectivity index (χ4v) is 3.62. The molecule has 0 bridgehead atoms. The molecule has 4 heterocycles. The summed E-state index contributed by atoms with van der Waals surface area (Å²) < 4.78 is 35.1. The van der Waals surface area contributed by atoms with E-state index in [1.165, 1.54) is 30.5 Å². The highest BCUT2D eigenvalue weighted by Crippen LogP contribution is 2.41. The van der Waals surface area contributed by atoms with Crippen molar-refractivity contribution in [3.05, 3.63) is 60.1 Å². The number of piperazine rings is 1. The molecule has 2 aliphatic rings. The summed E-state index contributed by atoms with van der Waals surface area (Å²) in [5, 5.41) is 6.62. The van der Waals surface area contributed by atoms with E-state index in [9.17, 15) is 18.4 Å². The highest BCUT2D eigenvalue weighted by molar-refractivity contribution is 5.94. The first-order valence-corrected chi connectivity index (χ1v) is 10.4. The minimum atomic E-state index is -3.69. The van der Waals surface area contributed by atoms with Crippen molar-refractivity contribution >= 4 is 17.9 Å². The summed E-state index contributed by atoms with van der Waals surface area (Å²) in [6.45, 7) is 1.39. The minimum Gasteiger partial charge on any atom is -0.395 e. The lowest BCUT2D eigenvalue weighted by Gasteiger charge is -2.34. The topological polar surface area (TPSA) is 114 Å². The number of carbonyl (C=O) groups is 2. The standard InChI is InChI=1S/C22H18F2N6O4/c23-22(24)33-17-3-1-14(13-18(17)34-22)2-4-19(31)29-9-11-30(12-10-29)21(32)16-5-7-25-20(27-16)15-6-8-26-28-15/h1-8,13H,9-12H2,(H,26,28)/b4-2+. The Balaban J connectivity index is 1.18. The Bertz CT molecular complexity index is 1260. The van der Waals surface area contributed by atoms with E-state index in [1.54, 1.807) is 34.2 Å². The monoisotopic (exact) mass is 468 g/mol. The van der Waals surface area contributed by atoms with Gasteiger partial charge in [-0.15, -0.1) is 8.78 Å². The summed E-state index contributed by atoms with van der Waals surface area (Å²) in [4.78, 5) is 37.1. The maximum absolute atomic E-state index is 13.1. The number of amides is 2. The third-order valence-electron chi connectivity index (χ3n) is 5.34. The minimum absolute atomic E-state index is 0.0605. The first kappa shape index (κ1) is 21.5. The average molecular weight is 468 g/mol. The van der Waals surface area contributed by atoms with E-state index in [1.807, 2.05) is 0 Å². The van der Waals surface area contributed by atoms with Gasteiger partial charge in [0.05, 0.1) is 0 Å². The van der Waals surface area contributed by atoms with E-state index in [2.05, 4.69) is 29.6 Å². The smallest absolute Gasteiger partial charge is 0.395 e. The van der Waals surface area contributed by atoms with Gasteiger partial charge in [0.2, 0.25) is 5.91 Å². The molecule has 0 radical (unpaired) electrons. The van der Waals surface area contributed by atoms with E-state index in [0.717, 1.165) is 0 Å². The van der Waals surface area contributed by atoms with Crippen LogP contribution in [0.5, 0.6) is 11.5 Å². The lowest BCUT2D eigenvalue weighted by molar-refractivity contribution is -0.286. The van der Waals surface area contributed by atoms with Gasteiger partial charge in [-0.25, -0.2) is 9.97 Å². The van der Waals surface area contributed by atoms with Gasteiger partial charge in [0, 0.05) is 44.6 Å². The molecule has 174 valence electrons. The lowest BCUT2D eigenvalue weighted by Crippen LogP contribution is -2.50. The number of carbonyl (C=O) groups excluding carboxylic acids is 2. The summed E-state index contributed by atoms with van der Waals surface area (Å²) in [6, 6.07) is 7.53. The van der Waals surface area contributed by atoms with E-state index in [0.29, 0.717) is 43.3 Å². The van der Waals surface area contributed by atoms with Crippen LogP contribution in [0.15, 0.2) is 48.8 Å². The van der Waals surface area contributed by atoms with E-state index >= 15 is 0 Å². The van der Waals surface area contributed by atoms with Crippen LogP contribution in [0.4, 0.5) is 8.78 Å². The van der Waals surface area contributed by atoms with Gasteiger partial charge < -0.3 is 19.3 Å². The van der Waals surface area contributed by atoms with Crippen LogP contribution in [0.1, 0.15) is 16.1 Å². The molecule has 34 heavy (non-hydrogen) atoms. The number of aromatic nitrogens is 4. The molecule has 12 heteroatoms. The van der Waals surface area contributed by atoms with Crippen LogP contribution < -0.4 is 9.47 Å². The first-order chi connectivity index (χ1) is 16.4. The molecule has 0 unspecified atom stereocenters. The zero-order valence-corrected chi connectivity index (χ0v) is 17.6. The number of nitrogens with one attached hydrogen (secondary N) is 1. The maximum atomic E-state index is 13.1. The summed E-state index contributed by atoms with van der Waals surface area (Å²) in [5.41, 5.74) is 1.37. The molecule has 1 N–H and O–H groups in total. The van der Waals surface area contributed by atoms with Crippen LogP contribution in [0.25, 0.3) is 17.6 Å². The molecular formula is C22H18F2N6O4. The summed E-state index contributed by atoms with van der Waals surface area (Å²) in [6.07, 6.45) is 2.26. The van der Waals surface area contributed by atoms with Crippen LogP contribution in [-0.2, 0) is 4.79 Å². The Kier molecular flexibility index (Phi) is 5.40. The van der Waals surface area contributed by atoms with Gasteiger partial charge in [-0.05, 0) is 35.9 Å². The van der Waals surface area contributed by atoms with Crippen LogP contribution in [0, 0.1) is 0 Å². The van der Waals surface area contributed by atoms with E-state index < -0.39 is 6.29 Å². The second-order valence-corrected chi connectivity index (χ2v) is 7.56. The first-order valence-electron chi connectivity index (χ1n) is 10.4. The summed E-state index contributed by atoms with van der Waals surface area (Å²) >= 11 is 0. The molecule has 2 aliphatic heterocycles. The Morgan fingerprint density at radius 1 is 1.00 bits per heavy atom. The molecule has 0 aliphatic carbocycles. The van der Waals surface area contributed by atoms with Crippen molar-refractivity contribution in [1.82, 2.24) is 30.0 Å². The summed E-state index contributed by atoms with van der Waals surface area (Å²) in [5.74, 6) is -0.280. The number of hydrogen-bond acceptors (Lipinski definition) is 7. The molecule has 0 atom stereocenters. The third kappa shape index (κ3) is 4.42. The molecule has 1 fully saturated rings. The van der Waals surface area contributed by atoms with E-state index in [4.69, 9.17) is 0 Å². The van der Waals surface area contributed by atoms with Crippen LogP contribution in [-0.4, -0.2) is 74.3 Å². The maximum Gasteiger partial charge on any atom is 0.586 e. The lowest BCUT2D eigenvalue weighted by atomic mass is 10.2. The highest BCUT2D eigenvalue weighted by Gasteiger charge is 2.43. The number of nitrogens with zero attached hydrogens (tertiary/aromatic N) is 5. The number of rotatable bonds is 4. The van der Waals surface area contributed by atoms with Gasteiger partial charge in [-0.1, -0.05) is 6.07 Å². The molecule has 10 nitrogen and oxygen atoms in total. The fourth-order valence-electron chi connectivity index (χ4n) is 3.62. The zero-order chi connectivity index (χ0) is 23.7. The van der Waals surface area contributed by atoms with Gasteiger partial charge in [0.15, 0.2) is 17.3 Å². The molecule has 1 saturated heterocycles. The van der Waals surface area contributed by atoms with Crippen molar-refractivity contribution in [2.75, 3.05) is 26.2 Å². The van der Waals surface area contributed by atoms with Gasteiger partial charge in [0.1, 0.15) is 11.4 Å². The molecule has 0 spiro atoms. The normalized spacial score (nSPS) is 16.8. The van der Waals surface area contributed by atoms with Crippen molar-refractivity contribution in [2.45, 2.75) is 6.29 Å². The highest BCUT2D eigenvalue weighted by atomic mass is 19.3. The number of aromatic amines is 1. The number of benzene rings is 1. The Morgan fingerprint density at radius 3 is 2.53 bits per heavy atom. The van der Waals surface area contributed by atoms with Crippen molar-refractivity contribution in [1.29, 1.82) is 0 Å². The average Bonchev–Trinajstić information content (AvgIpc) is 3.48. The van der Waals surface area contributed by atoms with Gasteiger partial charge in [0.25, 0.3) is 5.91 Å². The number of halogens is 2. The predicted octanol–water partition coefficient (Wildman–Crippen LogP) is 2.19. The molecule has 2 aromatic heterocycles. The molecular weight excluding hydrogens is 450 g/mol. The number of H-pyrrole nitrogens is 1. The largest absolute Gasteiger partial charge is 0.586 e. The molecule has 0 saturated carbocycles. The Morgan fingerprint density at radius 2 is 1.76 bits per heavy atom. The number of fused-ring (bicyclic) bond motifs is 1. The van der Waals surface area contributed by atoms with Gasteiger partial charge >= 0.3 is 6.29 Å². The third-order valence-corrected chi connectivity index (χ3v) is 5.34. The van der Waals surface area contributed by atoms with Gasteiger partial charge in [-0.3, -0.25) is 14.7 Å². The number of hydrogen-bond donors (Lipinski definition) is 1. The summed E-state index contributed by atoms with van der Waals surface area (Å²) in [7, 11) is 0. The second kappa shape index (κ2) is 8.54. The van der Waals surface area contributed by atoms with Gasteiger partial charge in [-0.2, -0.15) is 5.10 Å². The SMILES string of the molecule is O=C(/C=C/c1ccc2c(c1)OC(F)(F)O2)N1CCN(C(=O)c2ccnc(-c3ccn[nH]3)n2)CC1. The molecule has 1 aromatic carbocycles. The molecule has 2 amide bonds. The van der Waals surface area contributed by atoms with Crippen LogP contribution in [0.3, 0.4) is 0 Å². The Labute approximate surface area is 191 Å². The molecule has 5 rings (SSSR count). The van der Waals surface area contributed by atoms with Crippen molar-refractivity contribution < 1.29 is 27.8 Å². The zero-order valence-electron chi connectivity index (χ0n) is 17.6.